The Labute approximate surface area is 151 Å². The normalized spacial score (nSPS) is 17.5. The Balaban J connectivity index is 1.53. The van der Waals surface area contributed by atoms with E-state index >= 15 is 0 Å². The molecule has 0 aromatic heterocycles. The summed E-state index contributed by atoms with van der Waals surface area (Å²) in [6, 6.07) is 6.51. The quantitative estimate of drug-likeness (QED) is 0.602. The number of esters is 1. The number of ketones is 1. The molecule has 1 fully saturated rings. The summed E-state index contributed by atoms with van der Waals surface area (Å²) in [5.41, 5.74) is 0.677. The molecule has 1 aromatic rings. The van der Waals surface area contributed by atoms with Gasteiger partial charge in [0.25, 0.3) is 17.6 Å². The second-order valence-corrected chi connectivity index (χ2v) is 6.55. The van der Waals surface area contributed by atoms with Crippen LogP contribution in [0.2, 0.25) is 0 Å². The molecule has 0 N–H and O–H groups in total. The third kappa shape index (κ3) is 3.92. The summed E-state index contributed by atoms with van der Waals surface area (Å²) in [7, 11) is 0. The van der Waals surface area contributed by atoms with Gasteiger partial charge >= 0.3 is 5.97 Å². The Morgan fingerprint density at radius 1 is 0.962 bits per heavy atom. The van der Waals surface area contributed by atoms with Crippen LogP contribution in [0, 0.1) is 0 Å². The minimum atomic E-state index is -0.752. The van der Waals surface area contributed by atoms with Gasteiger partial charge in [-0.25, -0.2) is 0 Å². The first-order valence-electron chi connectivity index (χ1n) is 8.96. The lowest BCUT2D eigenvalue weighted by Gasteiger charge is -2.24. The highest BCUT2D eigenvalue weighted by Crippen LogP contribution is 2.28. The third-order valence-electron chi connectivity index (χ3n) is 4.73. The standard InChI is InChI=1S/C19H22N2O5/c22-16(20-10-6-2-1-3-7-11-20)13-26-17(23)12-21-15-9-5-4-8-14(15)18(24)19(21)25/h4-5,8-9H,1-3,6-7,10-13H2. The fourth-order valence-electron chi connectivity index (χ4n) is 3.31. The Kier molecular flexibility index (Phi) is 5.65. The van der Waals surface area contributed by atoms with Gasteiger partial charge in [0.1, 0.15) is 6.54 Å². The van der Waals surface area contributed by atoms with E-state index in [4.69, 9.17) is 4.74 Å². The number of rotatable bonds is 4. The lowest BCUT2D eigenvalue weighted by molar-refractivity contribution is -0.151. The lowest BCUT2D eigenvalue weighted by Crippen LogP contribution is -2.39. The molecule has 26 heavy (non-hydrogen) atoms. The molecule has 1 aromatic carbocycles. The van der Waals surface area contributed by atoms with Gasteiger partial charge in [0.2, 0.25) is 0 Å². The van der Waals surface area contributed by atoms with Gasteiger partial charge in [-0.15, -0.1) is 0 Å². The van der Waals surface area contributed by atoms with Crippen molar-refractivity contribution in [1.82, 2.24) is 4.90 Å². The van der Waals surface area contributed by atoms with E-state index in [1.54, 1.807) is 29.2 Å². The number of hydrogen-bond acceptors (Lipinski definition) is 5. The van der Waals surface area contributed by atoms with Crippen LogP contribution < -0.4 is 4.90 Å². The summed E-state index contributed by atoms with van der Waals surface area (Å²) in [4.78, 5) is 51.1. The van der Waals surface area contributed by atoms with E-state index in [0.717, 1.165) is 30.6 Å². The van der Waals surface area contributed by atoms with Crippen LogP contribution in [0.4, 0.5) is 5.69 Å². The number of anilines is 1. The van der Waals surface area contributed by atoms with Gasteiger partial charge in [-0.1, -0.05) is 31.4 Å². The number of likely N-dealkylation sites (tertiary alicyclic amines) is 1. The first-order valence-corrected chi connectivity index (χ1v) is 8.96. The molecular weight excluding hydrogens is 336 g/mol. The van der Waals surface area contributed by atoms with Crippen molar-refractivity contribution in [3.8, 4) is 0 Å². The summed E-state index contributed by atoms with van der Waals surface area (Å²) in [5, 5.41) is 0. The summed E-state index contributed by atoms with van der Waals surface area (Å²) >= 11 is 0. The van der Waals surface area contributed by atoms with Gasteiger partial charge in [0.15, 0.2) is 6.61 Å². The Hall–Kier alpha value is -2.70. The van der Waals surface area contributed by atoms with Crippen LogP contribution >= 0.6 is 0 Å². The second kappa shape index (κ2) is 8.12. The van der Waals surface area contributed by atoms with Crippen molar-refractivity contribution < 1.29 is 23.9 Å². The topological polar surface area (TPSA) is 84.0 Å². The average Bonchev–Trinajstić information content (AvgIpc) is 2.85. The molecule has 0 atom stereocenters. The minimum absolute atomic E-state index is 0.218. The number of hydrogen-bond donors (Lipinski definition) is 0. The largest absolute Gasteiger partial charge is 0.454 e. The molecule has 0 radical (unpaired) electrons. The predicted octanol–water partition coefficient (Wildman–Crippen LogP) is 1.55. The van der Waals surface area contributed by atoms with E-state index in [1.165, 1.54) is 6.42 Å². The molecule has 2 aliphatic heterocycles. The Bertz CT molecular complexity index is 722. The number of nitrogens with zero attached hydrogens (tertiary/aromatic N) is 2. The van der Waals surface area contributed by atoms with Crippen LogP contribution in [0.15, 0.2) is 24.3 Å². The monoisotopic (exact) mass is 358 g/mol. The highest BCUT2D eigenvalue weighted by molar-refractivity contribution is 6.52. The molecule has 2 aliphatic rings. The first-order chi connectivity index (χ1) is 12.6. The molecule has 0 saturated carbocycles. The van der Waals surface area contributed by atoms with Crippen LogP contribution in [0.25, 0.3) is 0 Å². The van der Waals surface area contributed by atoms with Crippen LogP contribution in [-0.2, 0) is 19.1 Å². The van der Waals surface area contributed by atoms with Gasteiger partial charge in [-0.3, -0.25) is 24.1 Å². The third-order valence-corrected chi connectivity index (χ3v) is 4.73. The van der Waals surface area contributed by atoms with Crippen LogP contribution in [0.5, 0.6) is 0 Å². The lowest BCUT2D eigenvalue weighted by atomic mass is 10.1. The van der Waals surface area contributed by atoms with E-state index in [0.29, 0.717) is 18.8 Å². The number of ether oxygens (including phenoxy) is 1. The fraction of sp³-hybridized carbons (Fsp3) is 0.474. The van der Waals surface area contributed by atoms with Crippen molar-refractivity contribution in [2.24, 2.45) is 0 Å². The Morgan fingerprint density at radius 3 is 2.35 bits per heavy atom. The molecule has 138 valence electrons. The SMILES string of the molecule is O=C(CN1C(=O)C(=O)c2ccccc21)OCC(=O)N1CCCCCCC1. The molecule has 1 saturated heterocycles. The summed E-state index contributed by atoms with van der Waals surface area (Å²) in [6.07, 6.45) is 5.32. The predicted molar refractivity (Wildman–Crippen MR) is 93.7 cm³/mol. The second-order valence-electron chi connectivity index (χ2n) is 6.55. The first kappa shape index (κ1) is 18.1. The van der Waals surface area contributed by atoms with E-state index in [-0.39, 0.29) is 24.6 Å². The molecular formula is C19H22N2O5. The number of carbonyl (C=O) groups is 4. The molecule has 2 heterocycles. The maximum absolute atomic E-state index is 12.2. The van der Waals surface area contributed by atoms with Crippen LogP contribution in [-0.4, -0.2) is 54.7 Å². The smallest absolute Gasteiger partial charge is 0.326 e. The molecule has 3 rings (SSSR count). The summed E-state index contributed by atoms with van der Waals surface area (Å²) in [6.45, 7) is 0.650. The summed E-state index contributed by atoms with van der Waals surface area (Å²) in [5.74, 6) is -2.31. The van der Waals surface area contributed by atoms with Gasteiger partial charge < -0.3 is 9.64 Å². The van der Waals surface area contributed by atoms with Crippen molar-refractivity contribution in [2.45, 2.75) is 32.1 Å². The number of carbonyl (C=O) groups excluding carboxylic acids is 4. The zero-order valence-electron chi connectivity index (χ0n) is 14.6. The summed E-state index contributed by atoms with van der Waals surface area (Å²) < 4.78 is 5.05. The number of benzene rings is 1. The van der Waals surface area contributed by atoms with E-state index < -0.39 is 17.7 Å². The van der Waals surface area contributed by atoms with Crippen molar-refractivity contribution in [3.63, 3.8) is 0 Å². The number of Topliss-reactive ketones (excluding diaryl/α,β-unsaturated/α-hetero) is 1. The zero-order valence-corrected chi connectivity index (χ0v) is 14.6. The van der Waals surface area contributed by atoms with Gasteiger partial charge in [-0.2, -0.15) is 0 Å². The van der Waals surface area contributed by atoms with Crippen LogP contribution in [0.1, 0.15) is 42.5 Å². The highest BCUT2D eigenvalue weighted by atomic mass is 16.5. The number of amides is 2. The fourth-order valence-corrected chi connectivity index (χ4v) is 3.31. The molecule has 2 amide bonds. The molecule has 7 nitrogen and oxygen atoms in total. The minimum Gasteiger partial charge on any atom is -0.454 e. The highest BCUT2D eigenvalue weighted by Gasteiger charge is 2.36. The van der Waals surface area contributed by atoms with Crippen LogP contribution in [0.3, 0.4) is 0 Å². The molecule has 0 spiro atoms. The van der Waals surface area contributed by atoms with Crippen molar-refractivity contribution in [2.75, 3.05) is 31.1 Å². The average molecular weight is 358 g/mol. The van der Waals surface area contributed by atoms with E-state index in [2.05, 4.69) is 0 Å². The van der Waals surface area contributed by atoms with E-state index in [1.807, 2.05) is 0 Å². The van der Waals surface area contributed by atoms with Gasteiger partial charge in [0, 0.05) is 13.1 Å². The molecule has 0 bridgehead atoms. The van der Waals surface area contributed by atoms with Gasteiger partial charge in [-0.05, 0) is 25.0 Å². The van der Waals surface area contributed by atoms with Crippen molar-refractivity contribution in [3.05, 3.63) is 29.8 Å². The van der Waals surface area contributed by atoms with Crippen molar-refractivity contribution >= 4 is 29.3 Å². The Morgan fingerprint density at radius 2 is 1.62 bits per heavy atom. The van der Waals surface area contributed by atoms with E-state index in [9.17, 15) is 19.2 Å². The number of para-hydroxylation sites is 1. The zero-order chi connectivity index (χ0) is 18.5. The molecule has 0 aliphatic carbocycles. The maximum Gasteiger partial charge on any atom is 0.326 e. The molecule has 7 heteroatoms. The van der Waals surface area contributed by atoms with Crippen molar-refractivity contribution in [1.29, 1.82) is 0 Å². The maximum atomic E-state index is 12.2. The van der Waals surface area contributed by atoms with Gasteiger partial charge in [0.05, 0.1) is 11.3 Å². The molecule has 0 unspecified atom stereocenters. The number of fused-ring (bicyclic) bond motifs is 1.